The zero-order valence-electron chi connectivity index (χ0n) is 13.6. The fraction of sp³-hybridized carbons (Fsp3) is 0.0625. The first kappa shape index (κ1) is 19.2. The van der Waals surface area contributed by atoms with Crippen LogP contribution in [0.3, 0.4) is 0 Å². The number of hydrogen-bond donors (Lipinski definition) is 1. The number of thiazole rings is 1. The molecule has 0 radical (unpaired) electrons. The Hall–Kier alpha value is -2.56. The summed E-state index contributed by atoms with van der Waals surface area (Å²) in [6, 6.07) is 3.62. The number of benzene rings is 1. The third-order valence-electron chi connectivity index (χ3n) is 3.39. The Labute approximate surface area is 163 Å². The molecule has 0 bridgehead atoms. The molecule has 0 aliphatic carbocycles. The van der Waals surface area contributed by atoms with Crippen molar-refractivity contribution in [1.82, 2.24) is 9.29 Å². The van der Waals surface area contributed by atoms with Crippen LogP contribution in [0.1, 0.15) is 5.01 Å². The van der Waals surface area contributed by atoms with E-state index in [1.807, 2.05) is 0 Å². The topological polar surface area (TPSA) is 91.7 Å². The first-order valence-electron chi connectivity index (χ1n) is 7.43. The molecule has 0 unspecified atom stereocenters. The average Bonchev–Trinajstić information content (AvgIpc) is 3.14. The van der Waals surface area contributed by atoms with Crippen LogP contribution in [0.15, 0.2) is 58.6 Å². The van der Waals surface area contributed by atoms with Crippen molar-refractivity contribution in [2.24, 2.45) is 4.40 Å². The van der Waals surface area contributed by atoms with Gasteiger partial charge in [0.05, 0.1) is 11.6 Å². The number of nitrogens with one attached hydrogen (secondary N) is 1. The van der Waals surface area contributed by atoms with Crippen molar-refractivity contribution in [1.29, 1.82) is 0 Å². The molecule has 1 aliphatic heterocycles. The predicted molar refractivity (Wildman–Crippen MR) is 103 cm³/mol. The van der Waals surface area contributed by atoms with E-state index in [9.17, 15) is 17.6 Å². The highest BCUT2D eigenvalue weighted by atomic mass is 35.5. The van der Waals surface area contributed by atoms with Crippen molar-refractivity contribution >= 4 is 50.5 Å². The van der Waals surface area contributed by atoms with E-state index in [-0.39, 0.29) is 28.7 Å². The second-order valence-electron chi connectivity index (χ2n) is 5.22. The highest BCUT2D eigenvalue weighted by Gasteiger charge is 2.33. The highest BCUT2D eigenvalue weighted by Crippen LogP contribution is 2.24. The van der Waals surface area contributed by atoms with Gasteiger partial charge in [-0.15, -0.1) is 22.3 Å². The van der Waals surface area contributed by atoms with Gasteiger partial charge in [-0.1, -0.05) is 17.7 Å². The second-order valence-corrected chi connectivity index (χ2v) is 8.04. The number of anilines is 1. The number of carbonyl (C=O) groups is 1. The number of rotatable bonds is 5. The maximum Gasteiger partial charge on any atom is 0.345 e. The van der Waals surface area contributed by atoms with Gasteiger partial charge in [0.25, 0.3) is 5.91 Å². The van der Waals surface area contributed by atoms with Gasteiger partial charge in [-0.3, -0.25) is 4.79 Å². The summed E-state index contributed by atoms with van der Waals surface area (Å²) in [7, 11) is -4.16. The average molecular weight is 427 g/mol. The van der Waals surface area contributed by atoms with Gasteiger partial charge in [-0.2, -0.15) is 8.42 Å². The number of carbonyl (C=O) groups excluding carboxylic acids is 1. The van der Waals surface area contributed by atoms with Crippen LogP contribution in [0.25, 0.3) is 0 Å². The zero-order valence-corrected chi connectivity index (χ0v) is 16.0. The molecule has 1 amide bonds. The Kier molecular flexibility index (Phi) is 5.40. The van der Waals surface area contributed by atoms with Crippen LogP contribution in [0.5, 0.6) is 0 Å². The third kappa shape index (κ3) is 4.07. The summed E-state index contributed by atoms with van der Waals surface area (Å²) in [5.74, 6) is -1.37. The van der Waals surface area contributed by atoms with Crippen molar-refractivity contribution in [3.05, 3.63) is 70.1 Å². The van der Waals surface area contributed by atoms with Gasteiger partial charge in [0.2, 0.25) is 0 Å². The molecule has 1 aliphatic rings. The number of halogens is 2. The molecule has 7 nitrogen and oxygen atoms in total. The lowest BCUT2D eigenvalue weighted by Gasteiger charge is -2.25. The molecule has 0 saturated carbocycles. The van der Waals surface area contributed by atoms with Crippen molar-refractivity contribution in [3.8, 4) is 0 Å². The third-order valence-corrected chi connectivity index (χ3v) is 5.81. The molecule has 3 rings (SSSR count). The standard InChI is InChI=1S/C16H12ClFN4O3S2/c1-2-6-22-14(15(23)20-10-3-4-12(18)11(17)8-10)9-13(21-27(22,24)25)16-19-5-7-26-16/h2-5,7-9H,1,6H2,(H,20,23). The molecule has 0 saturated heterocycles. The normalized spacial score (nSPS) is 15.7. The summed E-state index contributed by atoms with van der Waals surface area (Å²) in [4.78, 5) is 16.7. The van der Waals surface area contributed by atoms with E-state index >= 15 is 0 Å². The Morgan fingerprint density at radius 3 is 2.85 bits per heavy atom. The molecule has 2 heterocycles. The van der Waals surface area contributed by atoms with Gasteiger partial charge in [-0.05, 0) is 24.3 Å². The van der Waals surface area contributed by atoms with Crippen LogP contribution in [-0.4, -0.2) is 35.9 Å². The van der Waals surface area contributed by atoms with Crippen LogP contribution in [0.4, 0.5) is 10.1 Å². The number of nitrogens with zero attached hydrogens (tertiary/aromatic N) is 3. The SMILES string of the molecule is C=CCN1C(C(=O)Nc2ccc(F)c(Cl)c2)=CC(c2nccs2)=NS1(=O)=O. The minimum Gasteiger partial charge on any atom is -0.321 e. The van der Waals surface area contributed by atoms with Gasteiger partial charge in [0, 0.05) is 17.3 Å². The van der Waals surface area contributed by atoms with Gasteiger partial charge in [0.1, 0.15) is 22.2 Å². The maximum absolute atomic E-state index is 13.3. The van der Waals surface area contributed by atoms with Crippen molar-refractivity contribution in [2.45, 2.75) is 0 Å². The predicted octanol–water partition coefficient (Wildman–Crippen LogP) is 2.99. The fourth-order valence-electron chi connectivity index (χ4n) is 2.23. The number of aromatic nitrogens is 1. The van der Waals surface area contributed by atoms with E-state index in [0.29, 0.717) is 5.01 Å². The summed E-state index contributed by atoms with van der Waals surface area (Å²) >= 11 is 6.90. The Balaban J connectivity index is 2.00. The van der Waals surface area contributed by atoms with E-state index in [0.717, 1.165) is 10.4 Å². The van der Waals surface area contributed by atoms with E-state index in [1.54, 1.807) is 5.38 Å². The zero-order chi connectivity index (χ0) is 19.6. The Bertz CT molecular complexity index is 1070. The maximum atomic E-state index is 13.3. The van der Waals surface area contributed by atoms with Gasteiger partial charge in [-0.25, -0.2) is 13.7 Å². The largest absolute Gasteiger partial charge is 0.345 e. The molecule has 140 valence electrons. The molecule has 0 fully saturated rings. The Morgan fingerprint density at radius 1 is 1.44 bits per heavy atom. The van der Waals surface area contributed by atoms with Crippen LogP contribution in [-0.2, 0) is 15.0 Å². The minimum atomic E-state index is -4.16. The van der Waals surface area contributed by atoms with Crippen LogP contribution in [0.2, 0.25) is 5.02 Å². The van der Waals surface area contributed by atoms with E-state index in [2.05, 4.69) is 21.3 Å². The van der Waals surface area contributed by atoms with Crippen LogP contribution >= 0.6 is 22.9 Å². The van der Waals surface area contributed by atoms with Crippen molar-refractivity contribution < 1.29 is 17.6 Å². The summed E-state index contributed by atoms with van der Waals surface area (Å²) in [5.41, 5.74) is 0.0877. The Morgan fingerprint density at radius 2 is 2.22 bits per heavy atom. The summed E-state index contributed by atoms with van der Waals surface area (Å²) in [6.45, 7) is 3.35. The second kappa shape index (κ2) is 7.59. The van der Waals surface area contributed by atoms with E-state index in [1.165, 1.54) is 41.8 Å². The van der Waals surface area contributed by atoms with E-state index in [4.69, 9.17) is 11.6 Å². The molecule has 1 N–H and O–H groups in total. The number of hydrogen-bond acceptors (Lipinski definition) is 5. The first-order valence-corrected chi connectivity index (χ1v) is 10.1. The van der Waals surface area contributed by atoms with Gasteiger partial charge in [0.15, 0.2) is 0 Å². The quantitative estimate of drug-likeness (QED) is 0.744. The summed E-state index contributed by atoms with van der Waals surface area (Å²) in [5, 5.41) is 4.34. The molecule has 27 heavy (non-hydrogen) atoms. The number of amides is 1. The minimum absolute atomic E-state index is 0.0487. The highest BCUT2D eigenvalue weighted by molar-refractivity contribution is 7.88. The summed E-state index contributed by atoms with van der Waals surface area (Å²) in [6.07, 6.45) is 4.15. The van der Waals surface area contributed by atoms with Gasteiger partial charge >= 0.3 is 10.2 Å². The first-order chi connectivity index (χ1) is 12.8. The molecule has 0 spiro atoms. The van der Waals surface area contributed by atoms with Crippen molar-refractivity contribution in [3.63, 3.8) is 0 Å². The molecule has 2 aromatic rings. The van der Waals surface area contributed by atoms with Crippen molar-refractivity contribution in [2.75, 3.05) is 11.9 Å². The van der Waals surface area contributed by atoms with Crippen LogP contribution < -0.4 is 5.32 Å². The smallest absolute Gasteiger partial charge is 0.321 e. The molecule has 11 heteroatoms. The number of allylic oxidation sites excluding steroid dienone is 1. The molecular weight excluding hydrogens is 415 g/mol. The van der Waals surface area contributed by atoms with E-state index < -0.39 is 21.9 Å². The van der Waals surface area contributed by atoms with Gasteiger partial charge < -0.3 is 5.32 Å². The lowest BCUT2D eigenvalue weighted by atomic mass is 10.2. The molecule has 1 aromatic heterocycles. The monoisotopic (exact) mass is 426 g/mol. The molecule has 0 atom stereocenters. The van der Waals surface area contributed by atoms with Crippen LogP contribution in [0, 0.1) is 5.82 Å². The summed E-state index contributed by atoms with van der Waals surface area (Å²) < 4.78 is 42.9. The molecular formula is C16H12ClFN4O3S2. The lowest BCUT2D eigenvalue weighted by molar-refractivity contribution is -0.113. The lowest BCUT2D eigenvalue weighted by Crippen LogP contribution is -2.38. The fourth-order valence-corrected chi connectivity index (χ4v) is 4.23. The molecule has 1 aromatic carbocycles.